The molecule has 2 heteroatoms. The molecule has 0 saturated heterocycles. The molecule has 0 spiro atoms. The first-order valence-corrected chi connectivity index (χ1v) is 6.76. The van der Waals surface area contributed by atoms with Gasteiger partial charge in [0.1, 0.15) is 5.78 Å². The van der Waals surface area contributed by atoms with Gasteiger partial charge >= 0.3 is 0 Å². The van der Waals surface area contributed by atoms with Gasteiger partial charge in [-0.2, -0.15) is 0 Å². The minimum atomic E-state index is 0.370. The largest absolute Gasteiger partial charge is 0.299 e. The summed E-state index contributed by atoms with van der Waals surface area (Å²) in [5.41, 5.74) is 0.370. The van der Waals surface area contributed by atoms with Gasteiger partial charge in [-0.1, -0.05) is 22.9 Å². The van der Waals surface area contributed by atoms with E-state index < -0.39 is 0 Å². The van der Waals surface area contributed by atoms with Crippen LogP contribution in [0.25, 0.3) is 0 Å². The van der Waals surface area contributed by atoms with Crippen LogP contribution in [0.5, 0.6) is 0 Å². The van der Waals surface area contributed by atoms with Gasteiger partial charge in [-0.3, -0.25) is 4.79 Å². The van der Waals surface area contributed by atoms with Crippen LogP contribution >= 0.6 is 15.9 Å². The summed E-state index contributed by atoms with van der Waals surface area (Å²) in [5.74, 6) is 5.85. The Bertz CT molecular complexity index is 390. The molecule has 0 aliphatic heterocycles. The zero-order chi connectivity index (χ0) is 9.40. The van der Waals surface area contributed by atoms with Crippen LogP contribution in [0.3, 0.4) is 0 Å². The average molecular weight is 253 g/mol. The molecule has 6 aliphatic carbocycles. The molecule has 0 aromatic rings. The van der Waals surface area contributed by atoms with Crippen molar-refractivity contribution in [3.05, 3.63) is 0 Å². The SMILES string of the molecule is C[C@@]12[C@H]3[C@H]4C[C@@H]5[C@@H]3C(=O)[C@H]1[C@H]5[C@H]4[C@@H]2Br. The number of alkyl halides is 1. The van der Waals surface area contributed by atoms with E-state index in [2.05, 4.69) is 22.9 Å². The monoisotopic (exact) mass is 252 g/mol. The molecule has 0 amide bonds. The first-order valence-electron chi connectivity index (χ1n) is 5.85. The zero-order valence-electron chi connectivity index (χ0n) is 8.11. The molecule has 6 aliphatic rings. The molecule has 74 valence electrons. The van der Waals surface area contributed by atoms with Crippen LogP contribution in [-0.4, -0.2) is 10.6 Å². The van der Waals surface area contributed by atoms with Crippen molar-refractivity contribution >= 4 is 21.7 Å². The summed E-state index contributed by atoms with van der Waals surface area (Å²) in [5, 5.41) is 0. The van der Waals surface area contributed by atoms with Gasteiger partial charge in [0, 0.05) is 16.7 Å². The van der Waals surface area contributed by atoms with Gasteiger partial charge in [-0.05, 0) is 41.4 Å². The molecule has 6 rings (SSSR count). The second-order valence-electron chi connectivity index (χ2n) is 6.42. The van der Waals surface area contributed by atoms with Gasteiger partial charge in [0.15, 0.2) is 0 Å². The number of Topliss-reactive ketones (excluding diaryl/α,β-unsaturated/α-hetero) is 1. The standard InChI is InChI=1S/C12H13BrO/c1-12-8-4-2-3-5(6(4)11(12)13)9(12)10(14)7(3)8/h3-9,11H,2H2,1H3/t3-,4-,5+,6-,7-,8-,9+,11-,12+/m0/s1. The Morgan fingerprint density at radius 3 is 2.86 bits per heavy atom. The van der Waals surface area contributed by atoms with E-state index in [4.69, 9.17) is 0 Å². The molecule has 14 heavy (non-hydrogen) atoms. The number of carbonyl (C=O) groups is 1. The van der Waals surface area contributed by atoms with Gasteiger partial charge < -0.3 is 0 Å². The molecule has 0 unspecified atom stereocenters. The molecule has 1 nitrogen and oxygen atoms in total. The van der Waals surface area contributed by atoms with Crippen molar-refractivity contribution in [1.82, 2.24) is 0 Å². The molecule has 0 aromatic heterocycles. The first-order chi connectivity index (χ1) is 6.67. The van der Waals surface area contributed by atoms with Crippen LogP contribution in [-0.2, 0) is 4.79 Å². The van der Waals surface area contributed by atoms with Gasteiger partial charge in [-0.15, -0.1) is 0 Å². The highest BCUT2D eigenvalue weighted by Crippen LogP contribution is 2.86. The third-order valence-corrected chi connectivity index (χ3v) is 8.22. The van der Waals surface area contributed by atoms with E-state index in [0.29, 0.717) is 27.9 Å². The molecule has 0 radical (unpaired) electrons. The molecule has 6 saturated carbocycles. The van der Waals surface area contributed by atoms with Gasteiger partial charge in [-0.25, -0.2) is 0 Å². The second kappa shape index (κ2) is 1.66. The fraction of sp³-hybridized carbons (Fsp3) is 0.917. The summed E-state index contributed by atoms with van der Waals surface area (Å²) in [6, 6.07) is 0. The molecule has 0 N–H and O–H groups in total. The third-order valence-electron chi connectivity index (χ3n) is 6.63. The molecular weight excluding hydrogens is 240 g/mol. The Morgan fingerprint density at radius 2 is 2.14 bits per heavy atom. The number of carbonyl (C=O) groups excluding carboxylic acids is 1. The Hall–Kier alpha value is 0.150. The van der Waals surface area contributed by atoms with Crippen LogP contribution in [0.2, 0.25) is 0 Å². The predicted molar refractivity (Wildman–Crippen MR) is 54.9 cm³/mol. The Labute approximate surface area is 91.8 Å². The Kier molecular flexibility index (Phi) is 0.883. The number of hydrogen-bond donors (Lipinski definition) is 0. The van der Waals surface area contributed by atoms with Crippen LogP contribution in [0.1, 0.15) is 13.3 Å². The maximum atomic E-state index is 12.2. The van der Waals surface area contributed by atoms with Crippen LogP contribution in [0.15, 0.2) is 0 Å². The lowest BCUT2D eigenvalue weighted by atomic mass is 9.64. The van der Waals surface area contributed by atoms with E-state index in [1.165, 1.54) is 6.42 Å². The van der Waals surface area contributed by atoms with E-state index in [9.17, 15) is 4.79 Å². The van der Waals surface area contributed by atoms with Gasteiger partial charge in [0.25, 0.3) is 0 Å². The molecule has 6 fully saturated rings. The van der Waals surface area contributed by atoms with Gasteiger partial charge in [0.05, 0.1) is 0 Å². The molecular formula is C12H13BrO. The highest BCUT2D eigenvalue weighted by atomic mass is 79.9. The smallest absolute Gasteiger partial charge is 0.140 e. The van der Waals surface area contributed by atoms with Crippen LogP contribution < -0.4 is 0 Å². The molecule has 6 bridgehead atoms. The lowest BCUT2D eigenvalue weighted by Crippen LogP contribution is -2.37. The lowest BCUT2D eigenvalue weighted by molar-refractivity contribution is -0.122. The third kappa shape index (κ3) is 0.391. The topological polar surface area (TPSA) is 17.1 Å². The molecule has 0 aromatic carbocycles. The predicted octanol–water partition coefficient (Wildman–Crippen LogP) is 2.10. The number of rotatable bonds is 0. The van der Waals surface area contributed by atoms with E-state index in [-0.39, 0.29) is 0 Å². The van der Waals surface area contributed by atoms with Crippen molar-refractivity contribution in [3.63, 3.8) is 0 Å². The van der Waals surface area contributed by atoms with Crippen LogP contribution in [0.4, 0.5) is 0 Å². The minimum Gasteiger partial charge on any atom is -0.299 e. The Balaban J connectivity index is 1.92. The van der Waals surface area contributed by atoms with Crippen molar-refractivity contribution in [2.75, 3.05) is 0 Å². The summed E-state index contributed by atoms with van der Waals surface area (Å²) in [6.07, 6.45) is 1.39. The number of ketones is 1. The summed E-state index contributed by atoms with van der Waals surface area (Å²) < 4.78 is 0. The van der Waals surface area contributed by atoms with E-state index >= 15 is 0 Å². The fourth-order valence-corrected chi connectivity index (χ4v) is 8.05. The summed E-state index contributed by atoms with van der Waals surface area (Å²) in [7, 11) is 0. The number of hydrogen-bond acceptors (Lipinski definition) is 1. The second-order valence-corrected chi connectivity index (χ2v) is 7.40. The van der Waals surface area contributed by atoms with Crippen molar-refractivity contribution in [3.8, 4) is 0 Å². The first kappa shape index (κ1) is 7.43. The summed E-state index contributed by atoms with van der Waals surface area (Å²) >= 11 is 3.92. The Morgan fingerprint density at radius 1 is 1.36 bits per heavy atom. The average Bonchev–Trinajstić information content (AvgIpc) is 2.81. The quantitative estimate of drug-likeness (QED) is 0.604. The minimum absolute atomic E-state index is 0.370. The van der Waals surface area contributed by atoms with Crippen molar-refractivity contribution in [2.24, 2.45) is 46.8 Å². The van der Waals surface area contributed by atoms with Gasteiger partial charge in [0.2, 0.25) is 0 Å². The number of halogens is 1. The van der Waals surface area contributed by atoms with Crippen molar-refractivity contribution in [2.45, 2.75) is 18.2 Å². The maximum absolute atomic E-state index is 12.2. The van der Waals surface area contributed by atoms with Crippen molar-refractivity contribution in [1.29, 1.82) is 0 Å². The lowest BCUT2D eigenvalue weighted by Gasteiger charge is -2.38. The summed E-state index contributed by atoms with van der Waals surface area (Å²) in [6.45, 7) is 2.40. The van der Waals surface area contributed by atoms with Crippen molar-refractivity contribution < 1.29 is 4.79 Å². The summed E-state index contributed by atoms with van der Waals surface area (Å²) in [4.78, 5) is 12.9. The van der Waals surface area contributed by atoms with E-state index in [0.717, 1.165) is 29.6 Å². The van der Waals surface area contributed by atoms with Crippen LogP contribution in [0, 0.1) is 46.8 Å². The maximum Gasteiger partial charge on any atom is 0.140 e. The zero-order valence-corrected chi connectivity index (χ0v) is 9.70. The fourth-order valence-electron chi connectivity index (χ4n) is 6.72. The molecule has 0 heterocycles. The normalized spacial score (nSPS) is 80.3. The highest BCUT2D eigenvalue weighted by Gasteiger charge is 2.87. The van der Waals surface area contributed by atoms with E-state index in [1.54, 1.807) is 0 Å². The molecule has 9 atom stereocenters. The highest BCUT2D eigenvalue weighted by molar-refractivity contribution is 9.09. The van der Waals surface area contributed by atoms with E-state index in [1.807, 2.05) is 0 Å².